The minimum Gasteiger partial charge on any atom is -0.452 e. The van der Waals surface area contributed by atoms with Gasteiger partial charge in [-0.3, -0.25) is 9.59 Å². The summed E-state index contributed by atoms with van der Waals surface area (Å²) in [6.45, 7) is 6.51. The van der Waals surface area contributed by atoms with E-state index in [0.717, 1.165) is 17.6 Å². The first-order valence-electron chi connectivity index (χ1n) is 11.0. The van der Waals surface area contributed by atoms with Gasteiger partial charge in [0.1, 0.15) is 5.75 Å². The van der Waals surface area contributed by atoms with E-state index in [4.69, 9.17) is 16.3 Å². The number of pyridine rings is 1. The molecule has 2 heterocycles. The largest absolute Gasteiger partial charge is 0.452 e. The van der Waals surface area contributed by atoms with Gasteiger partial charge in [-0.2, -0.15) is 0 Å². The van der Waals surface area contributed by atoms with E-state index < -0.39 is 0 Å². The second-order valence-corrected chi connectivity index (χ2v) is 9.68. The van der Waals surface area contributed by atoms with Crippen molar-refractivity contribution >= 4 is 23.1 Å². The van der Waals surface area contributed by atoms with Crippen molar-refractivity contribution in [3.05, 3.63) is 98.9 Å². The zero-order valence-electron chi connectivity index (χ0n) is 18.9. The topological polar surface area (TPSA) is 71.2 Å². The lowest BCUT2D eigenvalue weighted by atomic mass is 9.86. The molecule has 4 rings (SSSR count). The van der Waals surface area contributed by atoms with Gasteiger partial charge in [-0.05, 0) is 59.4 Å². The summed E-state index contributed by atoms with van der Waals surface area (Å²) in [7, 11) is 0. The van der Waals surface area contributed by atoms with Gasteiger partial charge >= 0.3 is 0 Å². The Morgan fingerprint density at radius 2 is 1.70 bits per heavy atom. The normalized spacial score (nSPS) is 16.5. The highest BCUT2D eigenvalue weighted by atomic mass is 35.5. The van der Waals surface area contributed by atoms with E-state index in [1.165, 1.54) is 5.56 Å². The van der Waals surface area contributed by atoms with Crippen LogP contribution in [0.3, 0.4) is 0 Å². The Bertz CT molecular complexity index is 1240. The molecule has 170 valence electrons. The van der Waals surface area contributed by atoms with Crippen molar-refractivity contribution in [3.63, 3.8) is 0 Å². The lowest BCUT2D eigenvalue weighted by molar-refractivity contribution is -0.119. The maximum absolute atomic E-state index is 12.8. The molecule has 1 aliphatic rings. The van der Waals surface area contributed by atoms with Crippen LogP contribution in [-0.4, -0.2) is 16.9 Å². The van der Waals surface area contributed by atoms with Crippen LogP contribution in [0.1, 0.15) is 50.4 Å². The summed E-state index contributed by atoms with van der Waals surface area (Å²) in [5.41, 5.74) is 3.41. The van der Waals surface area contributed by atoms with Crippen LogP contribution in [0.15, 0.2) is 71.5 Å². The van der Waals surface area contributed by atoms with Crippen molar-refractivity contribution in [2.24, 2.45) is 0 Å². The fraction of sp³-hybridized carbons (Fsp3) is 0.259. The number of amides is 1. The van der Waals surface area contributed by atoms with Crippen molar-refractivity contribution in [1.82, 2.24) is 10.3 Å². The third kappa shape index (κ3) is 5.55. The molecule has 1 saturated heterocycles. The van der Waals surface area contributed by atoms with E-state index in [-0.39, 0.29) is 28.7 Å². The number of carbonyl (C=O) groups is 1. The Morgan fingerprint density at radius 3 is 2.27 bits per heavy atom. The summed E-state index contributed by atoms with van der Waals surface area (Å²) in [5, 5.41) is 3.58. The molecule has 0 spiro atoms. The minimum absolute atomic E-state index is 0.0385. The number of hydrogen-bond acceptors (Lipinski definition) is 3. The van der Waals surface area contributed by atoms with Gasteiger partial charge in [-0.15, -0.1) is 0 Å². The van der Waals surface area contributed by atoms with E-state index in [9.17, 15) is 9.59 Å². The lowest BCUT2D eigenvalue weighted by Gasteiger charge is -2.20. The fourth-order valence-electron chi connectivity index (χ4n) is 3.78. The number of ether oxygens (including phenoxy) is 1. The summed E-state index contributed by atoms with van der Waals surface area (Å²) in [5.74, 6) is 0.761. The number of aromatic amines is 1. The van der Waals surface area contributed by atoms with Crippen LogP contribution in [-0.2, 0) is 10.2 Å². The third-order valence-corrected chi connectivity index (χ3v) is 5.92. The van der Waals surface area contributed by atoms with Crippen LogP contribution >= 0.6 is 11.6 Å². The van der Waals surface area contributed by atoms with E-state index in [1.807, 2.05) is 12.1 Å². The Labute approximate surface area is 198 Å². The number of carbonyl (C=O) groups excluding carboxylic acids is 1. The number of benzene rings is 2. The second kappa shape index (κ2) is 9.28. The SMILES string of the molecule is CC(C)(C)c1ccc(/C(=C\[C@H]2CCC(=O)N2)c2ccc(Oc3ccc(Cl)cc3)c(=O)[nH]2)cc1. The first-order valence-corrected chi connectivity index (χ1v) is 11.4. The quantitative estimate of drug-likeness (QED) is 0.501. The maximum Gasteiger partial charge on any atom is 0.291 e. The highest BCUT2D eigenvalue weighted by Crippen LogP contribution is 2.29. The van der Waals surface area contributed by atoms with Crippen LogP contribution in [0.4, 0.5) is 0 Å². The van der Waals surface area contributed by atoms with Crippen molar-refractivity contribution in [1.29, 1.82) is 0 Å². The summed E-state index contributed by atoms with van der Waals surface area (Å²) in [6, 6.07) is 18.6. The number of rotatable bonds is 5. The number of hydrogen-bond donors (Lipinski definition) is 2. The molecule has 0 aliphatic carbocycles. The summed E-state index contributed by atoms with van der Waals surface area (Å²) < 4.78 is 5.73. The Balaban J connectivity index is 1.69. The minimum atomic E-state index is -0.338. The first-order chi connectivity index (χ1) is 15.7. The van der Waals surface area contributed by atoms with Crippen LogP contribution in [0, 0.1) is 0 Å². The Hall–Kier alpha value is -3.31. The highest BCUT2D eigenvalue weighted by molar-refractivity contribution is 6.30. The molecule has 1 fully saturated rings. The van der Waals surface area contributed by atoms with Crippen LogP contribution in [0.2, 0.25) is 5.02 Å². The predicted molar refractivity (Wildman–Crippen MR) is 132 cm³/mol. The second-order valence-electron chi connectivity index (χ2n) is 9.24. The van der Waals surface area contributed by atoms with Crippen LogP contribution in [0.25, 0.3) is 5.57 Å². The van der Waals surface area contributed by atoms with Gasteiger partial charge < -0.3 is 15.0 Å². The zero-order chi connectivity index (χ0) is 23.6. The van der Waals surface area contributed by atoms with Crippen LogP contribution < -0.4 is 15.6 Å². The zero-order valence-corrected chi connectivity index (χ0v) is 19.7. The van der Waals surface area contributed by atoms with E-state index >= 15 is 0 Å². The first kappa shape index (κ1) is 22.9. The average Bonchev–Trinajstić information content (AvgIpc) is 3.19. The monoisotopic (exact) mass is 462 g/mol. The van der Waals surface area contributed by atoms with Gasteiger partial charge in [-0.1, -0.05) is 62.7 Å². The number of H-pyrrole nitrogens is 1. The van der Waals surface area contributed by atoms with Crippen molar-refractivity contribution < 1.29 is 9.53 Å². The molecule has 0 saturated carbocycles. The fourth-order valence-corrected chi connectivity index (χ4v) is 3.91. The van der Waals surface area contributed by atoms with Crippen molar-refractivity contribution in [2.45, 2.75) is 45.1 Å². The van der Waals surface area contributed by atoms with Gasteiger partial charge in [0.2, 0.25) is 5.91 Å². The lowest BCUT2D eigenvalue weighted by Crippen LogP contribution is -2.23. The molecule has 0 radical (unpaired) electrons. The molecule has 33 heavy (non-hydrogen) atoms. The summed E-state index contributed by atoms with van der Waals surface area (Å²) >= 11 is 5.92. The predicted octanol–water partition coefficient (Wildman–Crippen LogP) is 5.83. The van der Waals surface area contributed by atoms with Gasteiger partial charge in [0.05, 0.1) is 0 Å². The number of halogens is 1. The molecule has 2 aromatic carbocycles. The molecule has 1 amide bonds. The molecule has 1 aromatic heterocycles. The van der Waals surface area contributed by atoms with Crippen molar-refractivity contribution in [3.8, 4) is 11.5 Å². The molecule has 1 atom stereocenters. The Kier molecular flexibility index (Phi) is 6.43. The number of aromatic nitrogens is 1. The molecule has 6 heteroatoms. The van der Waals surface area contributed by atoms with E-state index in [0.29, 0.717) is 22.9 Å². The van der Waals surface area contributed by atoms with Gasteiger partial charge in [0.15, 0.2) is 5.75 Å². The Morgan fingerprint density at radius 1 is 1.00 bits per heavy atom. The average molecular weight is 463 g/mol. The maximum atomic E-state index is 12.8. The van der Waals surface area contributed by atoms with Crippen molar-refractivity contribution in [2.75, 3.05) is 0 Å². The molecule has 0 unspecified atom stereocenters. The molecule has 1 aliphatic heterocycles. The highest BCUT2D eigenvalue weighted by Gasteiger charge is 2.21. The molecule has 5 nitrogen and oxygen atoms in total. The standard InChI is InChI=1S/C27H27ClN2O3/c1-27(2,3)18-6-4-17(5-7-18)22(16-20-10-15-25(31)29-20)23-13-14-24(26(32)30-23)33-21-11-8-19(28)9-12-21/h4-9,11-14,16,20H,10,15H2,1-3H3,(H,29,31)(H,30,32)/b22-16+/t20-/m1/s1. The third-order valence-electron chi connectivity index (χ3n) is 5.66. The van der Waals surface area contributed by atoms with Gasteiger partial charge in [-0.25, -0.2) is 0 Å². The molecule has 2 N–H and O–H groups in total. The van der Waals surface area contributed by atoms with E-state index in [1.54, 1.807) is 30.3 Å². The summed E-state index contributed by atoms with van der Waals surface area (Å²) in [4.78, 5) is 27.5. The summed E-state index contributed by atoms with van der Waals surface area (Å²) in [6.07, 6.45) is 3.24. The molecular formula is C27H27ClN2O3. The van der Waals surface area contributed by atoms with E-state index in [2.05, 4.69) is 55.3 Å². The molecule has 3 aromatic rings. The molecular weight excluding hydrogens is 436 g/mol. The van der Waals surface area contributed by atoms with Gasteiger partial charge in [0, 0.05) is 28.8 Å². The van der Waals surface area contributed by atoms with Gasteiger partial charge in [0.25, 0.3) is 5.56 Å². The smallest absolute Gasteiger partial charge is 0.291 e. The van der Waals surface area contributed by atoms with Crippen LogP contribution in [0.5, 0.6) is 11.5 Å². The number of nitrogens with one attached hydrogen (secondary N) is 2. The molecule has 0 bridgehead atoms.